The molecular formula is C26H35N3O4S. The Morgan fingerprint density at radius 3 is 2.03 bits per heavy atom. The average molecular weight is 486 g/mol. The molecule has 0 atom stereocenters. The van der Waals surface area contributed by atoms with Gasteiger partial charge in [0.2, 0.25) is 15.9 Å². The number of benzene rings is 2. The van der Waals surface area contributed by atoms with Gasteiger partial charge in [0.15, 0.2) is 0 Å². The predicted octanol–water partition coefficient (Wildman–Crippen LogP) is 3.34. The number of hydrogen-bond acceptors (Lipinski definition) is 4. The van der Waals surface area contributed by atoms with Crippen LogP contribution >= 0.6 is 0 Å². The molecule has 1 N–H and O–H groups in total. The van der Waals surface area contributed by atoms with Crippen LogP contribution in [0, 0.1) is 33.6 Å². The number of sulfonamides is 1. The van der Waals surface area contributed by atoms with Crippen molar-refractivity contribution in [3.8, 4) is 0 Å². The van der Waals surface area contributed by atoms with Crippen molar-refractivity contribution in [1.82, 2.24) is 14.5 Å². The molecule has 2 aromatic carbocycles. The Bertz CT molecular complexity index is 1160. The number of hydrogen-bond donors (Lipinski definition) is 1. The van der Waals surface area contributed by atoms with E-state index in [4.69, 9.17) is 0 Å². The maximum atomic E-state index is 13.5. The Morgan fingerprint density at radius 1 is 1.00 bits per heavy atom. The van der Waals surface area contributed by atoms with Crippen LogP contribution in [0.15, 0.2) is 35.2 Å². The first-order valence-electron chi connectivity index (χ1n) is 11.6. The van der Waals surface area contributed by atoms with Gasteiger partial charge in [-0.25, -0.2) is 8.42 Å². The van der Waals surface area contributed by atoms with Crippen LogP contribution < -0.4 is 5.32 Å². The van der Waals surface area contributed by atoms with Gasteiger partial charge in [-0.15, -0.1) is 0 Å². The highest BCUT2D eigenvalue weighted by Gasteiger charge is 2.35. The number of rotatable bonds is 6. The molecule has 0 spiro atoms. The first-order valence-corrected chi connectivity index (χ1v) is 13.0. The lowest BCUT2D eigenvalue weighted by atomic mass is 9.96. The predicted molar refractivity (Wildman–Crippen MR) is 133 cm³/mol. The summed E-state index contributed by atoms with van der Waals surface area (Å²) in [5.41, 5.74) is 5.03. The van der Waals surface area contributed by atoms with E-state index in [1.165, 1.54) is 4.31 Å². The van der Waals surface area contributed by atoms with Crippen molar-refractivity contribution in [1.29, 1.82) is 0 Å². The van der Waals surface area contributed by atoms with E-state index in [2.05, 4.69) is 5.32 Å². The van der Waals surface area contributed by atoms with E-state index in [-0.39, 0.29) is 17.7 Å². The highest BCUT2D eigenvalue weighted by molar-refractivity contribution is 7.89. The van der Waals surface area contributed by atoms with Gasteiger partial charge in [0.25, 0.3) is 5.91 Å². The summed E-state index contributed by atoms with van der Waals surface area (Å²) in [4.78, 5) is 26.8. The smallest absolute Gasteiger partial charge is 0.251 e. The Morgan fingerprint density at radius 2 is 1.53 bits per heavy atom. The molecule has 1 fully saturated rings. The summed E-state index contributed by atoms with van der Waals surface area (Å²) in [6.45, 7) is 8.70. The molecule has 0 aromatic heterocycles. The molecule has 184 valence electrons. The summed E-state index contributed by atoms with van der Waals surface area (Å²) >= 11 is 0. The van der Waals surface area contributed by atoms with Crippen molar-refractivity contribution < 1.29 is 18.0 Å². The summed E-state index contributed by atoms with van der Waals surface area (Å²) in [7, 11) is -0.273. The van der Waals surface area contributed by atoms with Crippen LogP contribution in [0.3, 0.4) is 0 Å². The van der Waals surface area contributed by atoms with Gasteiger partial charge < -0.3 is 10.2 Å². The fourth-order valence-corrected chi connectivity index (χ4v) is 6.65. The Balaban J connectivity index is 1.65. The second-order valence-corrected chi connectivity index (χ2v) is 11.1. The molecule has 7 nitrogen and oxygen atoms in total. The maximum Gasteiger partial charge on any atom is 0.251 e. The Kier molecular flexibility index (Phi) is 7.83. The molecule has 0 bridgehead atoms. The quantitative estimate of drug-likeness (QED) is 0.680. The number of carbonyl (C=O) groups excluding carboxylic acids is 2. The third-order valence-corrected chi connectivity index (χ3v) is 9.11. The molecule has 0 unspecified atom stereocenters. The van der Waals surface area contributed by atoms with E-state index in [0.717, 1.165) is 27.8 Å². The number of nitrogens with one attached hydrogen (secondary N) is 1. The summed E-state index contributed by atoms with van der Waals surface area (Å²) < 4.78 is 28.5. The first-order chi connectivity index (χ1) is 16.0. The summed E-state index contributed by atoms with van der Waals surface area (Å²) in [6, 6.07) is 9.20. The monoisotopic (exact) mass is 485 g/mol. The van der Waals surface area contributed by atoms with Gasteiger partial charge in [0.1, 0.15) is 0 Å². The normalized spacial score (nSPS) is 15.2. The zero-order valence-corrected chi connectivity index (χ0v) is 21.8. The van der Waals surface area contributed by atoms with Gasteiger partial charge in [-0.2, -0.15) is 4.31 Å². The molecule has 0 aliphatic carbocycles. The van der Waals surface area contributed by atoms with Crippen molar-refractivity contribution in [2.24, 2.45) is 5.92 Å². The maximum absolute atomic E-state index is 13.5. The second-order valence-electron chi connectivity index (χ2n) is 9.24. The standard InChI is InChI=1S/C26H35N3O4S/c1-17-15-18(2)20(4)24(19(17)3)34(32,33)29-13-11-23(12-14-29)26(31)28(6)16-21-7-9-22(10-8-21)25(30)27-5/h7-10,15,23H,11-14,16H2,1-6H3,(H,27,30). The largest absolute Gasteiger partial charge is 0.355 e. The minimum Gasteiger partial charge on any atom is -0.355 e. The highest BCUT2D eigenvalue weighted by atomic mass is 32.2. The van der Waals surface area contributed by atoms with Gasteiger partial charge in [-0.1, -0.05) is 18.2 Å². The molecule has 34 heavy (non-hydrogen) atoms. The van der Waals surface area contributed by atoms with Crippen LogP contribution in [0.1, 0.15) is 51.0 Å². The summed E-state index contributed by atoms with van der Waals surface area (Å²) in [6.07, 6.45) is 1.00. The number of carbonyl (C=O) groups is 2. The molecule has 8 heteroatoms. The fraction of sp³-hybridized carbons (Fsp3) is 0.462. The van der Waals surface area contributed by atoms with Crippen LogP contribution in [0.5, 0.6) is 0 Å². The Labute approximate surface area is 203 Å². The zero-order valence-electron chi connectivity index (χ0n) is 20.9. The molecule has 0 saturated carbocycles. The molecule has 3 rings (SSSR count). The molecule has 0 radical (unpaired) electrons. The van der Waals surface area contributed by atoms with E-state index in [0.29, 0.717) is 42.9 Å². The molecule has 2 amide bonds. The van der Waals surface area contributed by atoms with Gasteiger partial charge in [-0.05, 0) is 80.5 Å². The summed E-state index contributed by atoms with van der Waals surface area (Å²) in [5.74, 6) is -0.335. The average Bonchev–Trinajstić information content (AvgIpc) is 2.82. The van der Waals surface area contributed by atoms with Crippen LogP contribution in [-0.2, 0) is 21.4 Å². The lowest BCUT2D eigenvalue weighted by Crippen LogP contribution is -2.43. The van der Waals surface area contributed by atoms with Crippen molar-refractivity contribution in [2.75, 3.05) is 27.2 Å². The molecule has 2 aromatic rings. The Hall–Kier alpha value is -2.71. The molecule has 1 saturated heterocycles. The van der Waals surface area contributed by atoms with E-state index in [1.54, 1.807) is 31.1 Å². The molecular weight excluding hydrogens is 450 g/mol. The van der Waals surface area contributed by atoms with Crippen molar-refractivity contribution in [3.63, 3.8) is 0 Å². The van der Waals surface area contributed by atoms with Crippen LogP contribution in [0.2, 0.25) is 0 Å². The lowest BCUT2D eigenvalue weighted by molar-refractivity contribution is -0.135. The van der Waals surface area contributed by atoms with E-state index >= 15 is 0 Å². The lowest BCUT2D eigenvalue weighted by Gasteiger charge is -2.33. The van der Waals surface area contributed by atoms with Crippen molar-refractivity contribution in [3.05, 3.63) is 63.7 Å². The molecule has 1 aliphatic rings. The first kappa shape index (κ1) is 25.9. The van der Waals surface area contributed by atoms with Gasteiger partial charge in [-0.3, -0.25) is 9.59 Å². The van der Waals surface area contributed by atoms with Crippen LogP contribution in [-0.4, -0.2) is 56.6 Å². The number of aryl methyl sites for hydroxylation is 2. The SMILES string of the molecule is CNC(=O)c1ccc(CN(C)C(=O)C2CCN(S(=O)(=O)c3c(C)c(C)cc(C)c3C)CC2)cc1. The van der Waals surface area contributed by atoms with Crippen LogP contribution in [0.4, 0.5) is 0 Å². The minimum absolute atomic E-state index is 0.0196. The van der Waals surface area contributed by atoms with E-state index in [1.807, 2.05) is 45.9 Å². The minimum atomic E-state index is -3.62. The van der Waals surface area contributed by atoms with Crippen LogP contribution in [0.25, 0.3) is 0 Å². The van der Waals surface area contributed by atoms with Gasteiger partial charge >= 0.3 is 0 Å². The molecule has 1 aliphatic heterocycles. The van der Waals surface area contributed by atoms with E-state index < -0.39 is 10.0 Å². The second kappa shape index (κ2) is 10.3. The fourth-order valence-electron chi connectivity index (χ4n) is 4.61. The van der Waals surface area contributed by atoms with Gasteiger partial charge in [0, 0.05) is 45.2 Å². The third kappa shape index (κ3) is 5.18. The van der Waals surface area contributed by atoms with Crippen molar-refractivity contribution in [2.45, 2.75) is 52.0 Å². The summed E-state index contributed by atoms with van der Waals surface area (Å²) in [5, 5.41) is 2.59. The topological polar surface area (TPSA) is 86.8 Å². The zero-order chi connectivity index (χ0) is 25.2. The number of nitrogens with zero attached hydrogens (tertiary/aromatic N) is 2. The highest BCUT2D eigenvalue weighted by Crippen LogP contribution is 2.31. The third-order valence-electron chi connectivity index (χ3n) is 6.94. The number of amides is 2. The van der Waals surface area contributed by atoms with E-state index in [9.17, 15) is 18.0 Å². The number of piperidine rings is 1. The molecule has 1 heterocycles. The van der Waals surface area contributed by atoms with Gasteiger partial charge in [0.05, 0.1) is 4.90 Å². The van der Waals surface area contributed by atoms with Crippen molar-refractivity contribution >= 4 is 21.8 Å².